The number of nitrogens with zero attached hydrogens (tertiary/aromatic N) is 3. The van der Waals surface area contributed by atoms with E-state index in [2.05, 4.69) is 30.6 Å². The van der Waals surface area contributed by atoms with Gasteiger partial charge in [-0.25, -0.2) is 8.42 Å². The zero-order chi connectivity index (χ0) is 20.5. The molecular formula is C21H33N3O3S. The third kappa shape index (κ3) is 4.75. The summed E-state index contributed by atoms with van der Waals surface area (Å²) in [6, 6.07) is 7.62. The smallest absolute Gasteiger partial charge is 0.243 e. The first-order valence-corrected chi connectivity index (χ1v) is 11.7. The zero-order valence-electron chi connectivity index (χ0n) is 17.5. The SMILES string of the molecule is Cc1ccc(S(=O)(=O)N2CCN(CC(=O)N(C3CC3)C(C)C(C)C)CC2)cc1. The van der Waals surface area contributed by atoms with Crippen molar-refractivity contribution in [3.05, 3.63) is 29.8 Å². The van der Waals surface area contributed by atoms with Gasteiger partial charge in [0.05, 0.1) is 11.4 Å². The van der Waals surface area contributed by atoms with Crippen LogP contribution in [0, 0.1) is 12.8 Å². The largest absolute Gasteiger partial charge is 0.336 e. The highest BCUT2D eigenvalue weighted by Crippen LogP contribution is 2.31. The van der Waals surface area contributed by atoms with Crippen LogP contribution in [-0.4, -0.2) is 73.2 Å². The maximum atomic E-state index is 12.9. The summed E-state index contributed by atoms with van der Waals surface area (Å²) in [5.41, 5.74) is 1.04. The fourth-order valence-electron chi connectivity index (χ4n) is 3.70. The Kier molecular flexibility index (Phi) is 6.47. The van der Waals surface area contributed by atoms with Crippen LogP contribution in [0.25, 0.3) is 0 Å². The summed E-state index contributed by atoms with van der Waals surface area (Å²) in [5.74, 6) is 0.611. The van der Waals surface area contributed by atoms with Crippen LogP contribution in [0.2, 0.25) is 0 Å². The van der Waals surface area contributed by atoms with Gasteiger partial charge in [0, 0.05) is 38.3 Å². The number of aryl methyl sites for hydroxylation is 1. The maximum Gasteiger partial charge on any atom is 0.243 e. The van der Waals surface area contributed by atoms with Gasteiger partial charge in [-0.15, -0.1) is 0 Å². The molecule has 3 rings (SSSR count). The van der Waals surface area contributed by atoms with Gasteiger partial charge in [-0.05, 0) is 44.7 Å². The molecule has 1 saturated carbocycles. The summed E-state index contributed by atoms with van der Waals surface area (Å²) >= 11 is 0. The Morgan fingerprint density at radius 2 is 1.64 bits per heavy atom. The van der Waals surface area contributed by atoms with Crippen LogP contribution in [0.3, 0.4) is 0 Å². The maximum absolute atomic E-state index is 12.9. The number of sulfonamides is 1. The Morgan fingerprint density at radius 1 is 1.07 bits per heavy atom. The van der Waals surface area contributed by atoms with Crippen molar-refractivity contribution < 1.29 is 13.2 Å². The molecule has 0 spiro atoms. The first-order chi connectivity index (χ1) is 13.2. The summed E-state index contributed by atoms with van der Waals surface area (Å²) in [7, 11) is -3.46. The van der Waals surface area contributed by atoms with E-state index >= 15 is 0 Å². The number of benzene rings is 1. The number of carbonyl (C=O) groups is 1. The molecule has 1 aliphatic heterocycles. The lowest BCUT2D eigenvalue weighted by atomic mass is 10.0. The summed E-state index contributed by atoms with van der Waals surface area (Å²) in [6.45, 7) is 10.8. The standard InChI is InChI=1S/C21H33N3O3S/c1-16(2)18(4)24(19-7-8-19)21(25)15-22-11-13-23(14-12-22)28(26,27)20-9-5-17(3)6-10-20/h5-6,9-10,16,18-19H,7-8,11-15H2,1-4H3. The molecule has 1 aliphatic carbocycles. The van der Waals surface area contributed by atoms with E-state index in [9.17, 15) is 13.2 Å². The number of piperazine rings is 1. The quantitative estimate of drug-likeness (QED) is 0.696. The lowest BCUT2D eigenvalue weighted by Gasteiger charge is -2.37. The van der Waals surface area contributed by atoms with Crippen LogP contribution >= 0.6 is 0 Å². The molecule has 1 atom stereocenters. The molecule has 1 heterocycles. The molecular weight excluding hydrogens is 374 g/mol. The van der Waals surface area contributed by atoms with Gasteiger partial charge in [0.25, 0.3) is 0 Å². The van der Waals surface area contributed by atoms with E-state index in [1.54, 1.807) is 12.1 Å². The lowest BCUT2D eigenvalue weighted by Crippen LogP contribution is -2.53. The Labute approximate surface area is 169 Å². The predicted molar refractivity (Wildman–Crippen MR) is 111 cm³/mol. The van der Waals surface area contributed by atoms with Gasteiger partial charge in [-0.2, -0.15) is 4.31 Å². The van der Waals surface area contributed by atoms with E-state index in [0.29, 0.717) is 49.6 Å². The molecule has 6 nitrogen and oxygen atoms in total. The first kappa shape index (κ1) is 21.3. The Hall–Kier alpha value is -1.44. The second-order valence-corrected chi connectivity index (χ2v) is 10.4. The summed E-state index contributed by atoms with van der Waals surface area (Å²) in [6.07, 6.45) is 2.21. The van der Waals surface area contributed by atoms with Gasteiger partial charge >= 0.3 is 0 Å². The molecule has 0 aromatic heterocycles. The first-order valence-electron chi connectivity index (χ1n) is 10.3. The van der Waals surface area contributed by atoms with Crippen molar-refractivity contribution in [2.24, 2.45) is 5.92 Å². The molecule has 0 N–H and O–H groups in total. The van der Waals surface area contributed by atoms with Crippen molar-refractivity contribution >= 4 is 15.9 Å². The normalized spacial score (nSPS) is 20.3. The van der Waals surface area contributed by atoms with E-state index in [-0.39, 0.29) is 11.9 Å². The molecule has 1 aromatic rings. The third-order valence-electron chi connectivity index (χ3n) is 5.98. The van der Waals surface area contributed by atoms with Crippen LogP contribution in [-0.2, 0) is 14.8 Å². The van der Waals surface area contributed by atoms with Crippen LogP contribution in [0.4, 0.5) is 0 Å². The van der Waals surface area contributed by atoms with Gasteiger partial charge in [0.1, 0.15) is 0 Å². The molecule has 0 radical (unpaired) electrons. The molecule has 0 bridgehead atoms. The Bertz CT molecular complexity index is 780. The number of carbonyl (C=O) groups excluding carboxylic acids is 1. The number of hydrogen-bond donors (Lipinski definition) is 0. The molecule has 2 fully saturated rings. The van der Waals surface area contributed by atoms with Crippen LogP contribution in [0.15, 0.2) is 29.2 Å². The highest BCUT2D eigenvalue weighted by atomic mass is 32.2. The van der Waals surface area contributed by atoms with Crippen LogP contribution in [0.1, 0.15) is 39.2 Å². The van der Waals surface area contributed by atoms with Crippen molar-refractivity contribution in [3.8, 4) is 0 Å². The number of amides is 1. The van der Waals surface area contributed by atoms with E-state index in [4.69, 9.17) is 0 Å². The van der Waals surface area contributed by atoms with Gasteiger partial charge in [-0.1, -0.05) is 31.5 Å². The molecule has 7 heteroatoms. The average molecular weight is 408 g/mol. The van der Waals surface area contributed by atoms with E-state index < -0.39 is 10.0 Å². The highest BCUT2D eigenvalue weighted by Gasteiger charge is 2.37. The van der Waals surface area contributed by atoms with Gasteiger partial charge in [-0.3, -0.25) is 9.69 Å². The van der Waals surface area contributed by atoms with E-state index in [1.807, 2.05) is 19.1 Å². The zero-order valence-corrected chi connectivity index (χ0v) is 18.3. The number of rotatable bonds is 7. The monoisotopic (exact) mass is 407 g/mol. The molecule has 1 amide bonds. The fourth-order valence-corrected chi connectivity index (χ4v) is 5.12. The van der Waals surface area contributed by atoms with Gasteiger partial charge in [0.2, 0.25) is 15.9 Å². The second kappa shape index (κ2) is 8.51. The molecule has 1 saturated heterocycles. The van der Waals surface area contributed by atoms with Crippen LogP contribution in [0.5, 0.6) is 0 Å². The minimum Gasteiger partial charge on any atom is -0.336 e. The lowest BCUT2D eigenvalue weighted by molar-refractivity contribution is -0.136. The van der Waals surface area contributed by atoms with Crippen molar-refractivity contribution in [2.75, 3.05) is 32.7 Å². The third-order valence-corrected chi connectivity index (χ3v) is 7.89. The second-order valence-electron chi connectivity index (χ2n) is 8.51. The molecule has 1 unspecified atom stereocenters. The topological polar surface area (TPSA) is 60.9 Å². The minimum absolute atomic E-state index is 0.179. The summed E-state index contributed by atoms with van der Waals surface area (Å²) < 4.78 is 27.2. The van der Waals surface area contributed by atoms with Gasteiger partial charge < -0.3 is 4.90 Å². The molecule has 1 aromatic carbocycles. The summed E-state index contributed by atoms with van der Waals surface area (Å²) in [4.78, 5) is 17.4. The molecule has 2 aliphatic rings. The van der Waals surface area contributed by atoms with Crippen molar-refractivity contribution in [1.82, 2.24) is 14.1 Å². The van der Waals surface area contributed by atoms with Crippen molar-refractivity contribution in [3.63, 3.8) is 0 Å². The van der Waals surface area contributed by atoms with Crippen LogP contribution < -0.4 is 0 Å². The molecule has 28 heavy (non-hydrogen) atoms. The minimum atomic E-state index is -3.46. The highest BCUT2D eigenvalue weighted by molar-refractivity contribution is 7.89. The number of hydrogen-bond acceptors (Lipinski definition) is 4. The summed E-state index contributed by atoms with van der Waals surface area (Å²) in [5, 5.41) is 0. The molecule has 156 valence electrons. The van der Waals surface area contributed by atoms with E-state index in [0.717, 1.165) is 18.4 Å². The Morgan fingerprint density at radius 3 is 2.14 bits per heavy atom. The van der Waals surface area contributed by atoms with Gasteiger partial charge in [0.15, 0.2) is 0 Å². The average Bonchev–Trinajstić information content (AvgIpc) is 3.47. The fraction of sp³-hybridized carbons (Fsp3) is 0.667. The van der Waals surface area contributed by atoms with Crippen molar-refractivity contribution in [2.45, 2.75) is 57.5 Å². The van der Waals surface area contributed by atoms with E-state index in [1.165, 1.54) is 4.31 Å². The predicted octanol–water partition coefficient (Wildman–Crippen LogP) is 2.34. The Balaban J connectivity index is 1.57. The van der Waals surface area contributed by atoms with Crippen molar-refractivity contribution in [1.29, 1.82) is 0 Å².